The molecular formula is C13H14N4O3. The van der Waals surface area contributed by atoms with Crippen molar-refractivity contribution in [1.82, 2.24) is 9.78 Å². The molecule has 0 atom stereocenters. The molecular weight excluding hydrogens is 260 g/mol. The maximum atomic E-state index is 12.1. The first-order valence-electron chi connectivity index (χ1n) is 5.96. The standard InChI is InChI=1S/C13H14N4O3/c1-8-4-6-10(7-5-8)14-13(18)11-12(17(19)20)9(2)16(3)15-11/h4-7H,1-3H3,(H,14,18). The Morgan fingerprint density at radius 3 is 2.45 bits per heavy atom. The molecule has 0 saturated heterocycles. The molecule has 1 aromatic heterocycles. The molecule has 0 fully saturated rings. The topological polar surface area (TPSA) is 90.1 Å². The van der Waals surface area contributed by atoms with Gasteiger partial charge in [-0.1, -0.05) is 17.7 Å². The Kier molecular flexibility index (Phi) is 3.51. The Bertz CT molecular complexity index is 674. The summed E-state index contributed by atoms with van der Waals surface area (Å²) in [5, 5.41) is 17.5. The molecule has 0 saturated carbocycles. The summed E-state index contributed by atoms with van der Waals surface area (Å²) in [5.74, 6) is -0.593. The molecule has 7 nitrogen and oxygen atoms in total. The van der Waals surface area contributed by atoms with E-state index in [9.17, 15) is 14.9 Å². The third-order valence-electron chi connectivity index (χ3n) is 3.01. The minimum Gasteiger partial charge on any atom is -0.320 e. The van der Waals surface area contributed by atoms with Gasteiger partial charge in [0.25, 0.3) is 5.91 Å². The minimum absolute atomic E-state index is 0.185. The number of nitrogens with one attached hydrogen (secondary N) is 1. The summed E-state index contributed by atoms with van der Waals surface area (Å²) >= 11 is 0. The van der Waals surface area contributed by atoms with E-state index in [4.69, 9.17) is 0 Å². The van der Waals surface area contributed by atoms with E-state index < -0.39 is 10.8 Å². The SMILES string of the molecule is Cc1ccc(NC(=O)c2nn(C)c(C)c2[N+](=O)[O-])cc1. The summed E-state index contributed by atoms with van der Waals surface area (Å²) < 4.78 is 1.32. The minimum atomic E-state index is -0.593. The van der Waals surface area contributed by atoms with Gasteiger partial charge in [-0.15, -0.1) is 0 Å². The molecule has 2 rings (SSSR count). The molecule has 1 heterocycles. The monoisotopic (exact) mass is 274 g/mol. The lowest BCUT2D eigenvalue weighted by atomic mass is 10.2. The Morgan fingerprint density at radius 2 is 1.90 bits per heavy atom. The predicted molar refractivity (Wildman–Crippen MR) is 73.7 cm³/mol. The second-order valence-electron chi connectivity index (χ2n) is 4.48. The van der Waals surface area contributed by atoms with E-state index in [1.165, 1.54) is 4.68 Å². The number of hydrogen-bond donors (Lipinski definition) is 1. The summed E-state index contributed by atoms with van der Waals surface area (Å²) in [7, 11) is 1.56. The van der Waals surface area contributed by atoms with Crippen LogP contribution in [0.2, 0.25) is 0 Å². The summed E-state index contributed by atoms with van der Waals surface area (Å²) in [6, 6.07) is 7.14. The van der Waals surface area contributed by atoms with Gasteiger partial charge in [0.05, 0.1) is 4.92 Å². The van der Waals surface area contributed by atoms with E-state index in [0.717, 1.165) is 5.56 Å². The number of carbonyl (C=O) groups excluding carboxylic acids is 1. The van der Waals surface area contributed by atoms with Crippen molar-refractivity contribution in [2.75, 3.05) is 5.32 Å². The first-order valence-corrected chi connectivity index (χ1v) is 5.96. The Balaban J connectivity index is 2.32. The average molecular weight is 274 g/mol. The highest BCUT2D eigenvalue weighted by atomic mass is 16.6. The summed E-state index contributed by atoms with van der Waals surface area (Å²) in [6.07, 6.45) is 0. The number of nitro groups is 1. The molecule has 1 aromatic carbocycles. The number of benzene rings is 1. The Morgan fingerprint density at radius 1 is 1.30 bits per heavy atom. The van der Waals surface area contributed by atoms with Gasteiger partial charge in [0.2, 0.25) is 5.69 Å². The number of amides is 1. The summed E-state index contributed by atoms with van der Waals surface area (Å²) in [5.41, 5.74) is 1.51. The molecule has 1 amide bonds. The van der Waals surface area contributed by atoms with Crippen LogP contribution in [0.1, 0.15) is 21.7 Å². The van der Waals surface area contributed by atoms with Crippen LogP contribution in [-0.4, -0.2) is 20.6 Å². The zero-order chi connectivity index (χ0) is 14.9. The lowest BCUT2D eigenvalue weighted by Crippen LogP contribution is -2.14. The summed E-state index contributed by atoms with van der Waals surface area (Å²) in [4.78, 5) is 22.5. The second kappa shape index (κ2) is 5.12. The molecule has 2 aromatic rings. The van der Waals surface area contributed by atoms with Crippen LogP contribution in [0.4, 0.5) is 11.4 Å². The van der Waals surface area contributed by atoms with Gasteiger partial charge in [0, 0.05) is 12.7 Å². The van der Waals surface area contributed by atoms with Gasteiger partial charge in [-0.25, -0.2) is 0 Å². The zero-order valence-corrected chi connectivity index (χ0v) is 11.4. The molecule has 0 bridgehead atoms. The van der Waals surface area contributed by atoms with Crippen LogP contribution in [0.3, 0.4) is 0 Å². The van der Waals surface area contributed by atoms with Crippen LogP contribution in [0.25, 0.3) is 0 Å². The van der Waals surface area contributed by atoms with Crippen LogP contribution in [-0.2, 0) is 7.05 Å². The van der Waals surface area contributed by atoms with E-state index in [0.29, 0.717) is 11.4 Å². The van der Waals surface area contributed by atoms with Crippen molar-refractivity contribution in [3.63, 3.8) is 0 Å². The smallest absolute Gasteiger partial charge is 0.320 e. The lowest BCUT2D eigenvalue weighted by Gasteiger charge is -2.03. The highest BCUT2D eigenvalue weighted by Crippen LogP contribution is 2.23. The van der Waals surface area contributed by atoms with Crippen LogP contribution in [0, 0.1) is 24.0 Å². The fourth-order valence-corrected chi connectivity index (χ4v) is 1.80. The quantitative estimate of drug-likeness (QED) is 0.686. The molecule has 0 radical (unpaired) electrons. The van der Waals surface area contributed by atoms with Gasteiger partial charge >= 0.3 is 5.69 Å². The number of aromatic nitrogens is 2. The van der Waals surface area contributed by atoms with Crippen LogP contribution < -0.4 is 5.32 Å². The number of anilines is 1. The van der Waals surface area contributed by atoms with Crippen LogP contribution in [0.15, 0.2) is 24.3 Å². The fraction of sp³-hybridized carbons (Fsp3) is 0.231. The van der Waals surface area contributed by atoms with Crippen molar-refractivity contribution in [3.8, 4) is 0 Å². The third-order valence-corrected chi connectivity index (χ3v) is 3.01. The van der Waals surface area contributed by atoms with E-state index in [-0.39, 0.29) is 11.4 Å². The van der Waals surface area contributed by atoms with E-state index in [2.05, 4.69) is 10.4 Å². The molecule has 104 valence electrons. The molecule has 1 N–H and O–H groups in total. The molecule has 0 aliphatic rings. The normalized spacial score (nSPS) is 10.3. The van der Waals surface area contributed by atoms with Gasteiger partial charge in [-0.05, 0) is 26.0 Å². The summed E-state index contributed by atoms with van der Waals surface area (Å²) in [6.45, 7) is 3.48. The second-order valence-corrected chi connectivity index (χ2v) is 4.48. The molecule has 0 unspecified atom stereocenters. The highest BCUT2D eigenvalue weighted by Gasteiger charge is 2.28. The zero-order valence-electron chi connectivity index (χ0n) is 11.4. The van der Waals surface area contributed by atoms with Crippen molar-refractivity contribution in [2.45, 2.75) is 13.8 Å². The average Bonchev–Trinajstić information content (AvgIpc) is 2.69. The molecule has 0 aliphatic carbocycles. The number of carbonyl (C=O) groups is 1. The van der Waals surface area contributed by atoms with Gasteiger partial charge in [0.1, 0.15) is 5.69 Å². The first-order chi connectivity index (χ1) is 9.40. The van der Waals surface area contributed by atoms with Crippen molar-refractivity contribution in [3.05, 3.63) is 51.3 Å². The largest absolute Gasteiger partial charge is 0.322 e. The fourth-order valence-electron chi connectivity index (χ4n) is 1.80. The molecule has 0 spiro atoms. The van der Waals surface area contributed by atoms with Gasteiger partial charge in [0.15, 0.2) is 0 Å². The van der Waals surface area contributed by atoms with Crippen molar-refractivity contribution in [1.29, 1.82) is 0 Å². The first kappa shape index (κ1) is 13.7. The maximum Gasteiger partial charge on any atom is 0.322 e. The highest BCUT2D eigenvalue weighted by molar-refractivity contribution is 6.05. The van der Waals surface area contributed by atoms with Crippen LogP contribution in [0.5, 0.6) is 0 Å². The number of rotatable bonds is 3. The van der Waals surface area contributed by atoms with Crippen molar-refractivity contribution < 1.29 is 9.72 Å². The van der Waals surface area contributed by atoms with Gasteiger partial charge < -0.3 is 5.32 Å². The third kappa shape index (κ3) is 2.51. The molecule has 0 aliphatic heterocycles. The van der Waals surface area contributed by atoms with Gasteiger partial charge in [-0.3, -0.25) is 19.6 Å². The molecule has 20 heavy (non-hydrogen) atoms. The number of nitrogens with zero attached hydrogens (tertiary/aromatic N) is 3. The lowest BCUT2D eigenvalue weighted by molar-refractivity contribution is -0.385. The Hall–Kier alpha value is -2.70. The predicted octanol–water partition coefficient (Wildman–Crippen LogP) is 2.20. The molecule has 7 heteroatoms. The van der Waals surface area contributed by atoms with E-state index in [1.54, 1.807) is 26.1 Å². The van der Waals surface area contributed by atoms with Crippen molar-refractivity contribution in [2.24, 2.45) is 7.05 Å². The number of hydrogen-bond acceptors (Lipinski definition) is 4. The maximum absolute atomic E-state index is 12.1. The van der Waals surface area contributed by atoms with Crippen LogP contribution >= 0.6 is 0 Å². The van der Waals surface area contributed by atoms with Crippen molar-refractivity contribution >= 4 is 17.3 Å². The van der Waals surface area contributed by atoms with E-state index in [1.807, 2.05) is 19.1 Å². The van der Waals surface area contributed by atoms with E-state index >= 15 is 0 Å². The number of aryl methyl sites for hydroxylation is 2. The van der Waals surface area contributed by atoms with Gasteiger partial charge in [-0.2, -0.15) is 5.10 Å². The Labute approximate surface area is 115 Å².